The summed E-state index contributed by atoms with van der Waals surface area (Å²) in [7, 11) is 0. The first-order valence-electron chi connectivity index (χ1n) is 6.69. The van der Waals surface area contributed by atoms with Gasteiger partial charge in [0.1, 0.15) is 0 Å². The number of rotatable bonds is 10. The molecule has 3 heteroatoms. The molecule has 1 rings (SSSR count). The topological polar surface area (TPSA) is 21.3 Å². The van der Waals surface area contributed by atoms with Gasteiger partial charge in [0.25, 0.3) is 0 Å². The summed E-state index contributed by atoms with van der Waals surface area (Å²) in [6.07, 6.45) is 4.71. The van der Waals surface area contributed by atoms with Crippen molar-refractivity contribution in [1.29, 1.82) is 0 Å². The first-order valence-corrected chi connectivity index (χ1v) is 7.63. The summed E-state index contributed by atoms with van der Waals surface area (Å²) in [5.41, 5.74) is 1.47. The summed E-state index contributed by atoms with van der Waals surface area (Å²) in [5.74, 6) is 0. The van der Waals surface area contributed by atoms with Gasteiger partial charge in [0.05, 0.1) is 0 Å². The van der Waals surface area contributed by atoms with Gasteiger partial charge in [0.15, 0.2) is 0 Å². The Morgan fingerprint density at radius 2 is 2.24 bits per heavy atom. The van der Waals surface area contributed by atoms with Gasteiger partial charge in [-0.05, 0) is 61.5 Å². The Balaban J connectivity index is 2.23. The first kappa shape index (κ1) is 14.7. The molecule has 0 saturated carbocycles. The Kier molecular flexibility index (Phi) is 8.32. The van der Waals surface area contributed by atoms with Crippen LogP contribution in [-0.4, -0.2) is 25.8 Å². The summed E-state index contributed by atoms with van der Waals surface area (Å²) in [6, 6.07) is 2.82. The minimum Gasteiger partial charge on any atom is -0.382 e. The van der Waals surface area contributed by atoms with Gasteiger partial charge in [0.2, 0.25) is 0 Å². The van der Waals surface area contributed by atoms with Crippen molar-refractivity contribution in [2.75, 3.05) is 19.8 Å². The lowest BCUT2D eigenvalue weighted by atomic mass is 10.1. The van der Waals surface area contributed by atoms with E-state index in [1.54, 1.807) is 11.3 Å². The number of nitrogens with one attached hydrogen (secondary N) is 1. The number of hydrogen-bond acceptors (Lipinski definition) is 3. The molecule has 1 heterocycles. The second kappa shape index (κ2) is 9.63. The number of aryl methyl sites for hydroxylation is 1. The Labute approximate surface area is 109 Å². The van der Waals surface area contributed by atoms with E-state index in [1.807, 2.05) is 0 Å². The molecule has 2 nitrogen and oxygen atoms in total. The molecule has 0 amide bonds. The molecular weight excluding hydrogens is 230 g/mol. The highest BCUT2D eigenvalue weighted by Gasteiger charge is 2.07. The van der Waals surface area contributed by atoms with Gasteiger partial charge in [-0.3, -0.25) is 0 Å². The predicted octanol–water partition coefficient (Wildman–Crippen LogP) is 3.48. The van der Waals surface area contributed by atoms with Gasteiger partial charge in [-0.25, -0.2) is 0 Å². The van der Waals surface area contributed by atoms with E-state index in [-0.39, 0.29) is 0 Å². The molecule has 0 aliphatic rings. The highest BCUT2D eigenvalue weighted by Crippen LogP contribution is 2.11. The fraction of sp³-hybridized carbons (Fsp3) is 0.714. The number of hydrogen-bond donors (Lipinski definition) is 1. The van der Waals surface area contributed by atoms with Gasteiger partial charge in [0, 0.05) is 19.3 Å². The monoisotopic (exact) mass is 255 g/mol. The van der Waals surface area contributed by atoms with Crippen molar-refractivity contribution in [3.63, 3.8) is 0 Å². The Bertz CT molecular complexity index is 261. The molecule has 1 unspecified atom stereocenters. The van der Waals surface area contributed by atoms with Crippen LogP contribution in [0.3, 0.4) is 0 Å². The lowest BCUT2D eigenvalue weighted by Crippen LogP contribution is -2.31. The van der Waals surface area contributed by atoms with E-state index < -0.39 is 0 Å². The van der Waals surface area contributed by atoms with Crippen molar-refractivity contribution in [3.8, 4) is 0 Å². The molecule has 0 fully saturated rings. The van der Waals surface area contributed by atoms with Crippen LogP contribution in [0.25, 0.3) is 0 Å². The van der Waals surface area contributed by atoms with Crippen LogP contribution in [0.4, 0.5) is 0 Å². The molecule has 0 radical (unpaired) electrons. The van der Waals surface area contributed by atoms with Gasteiger partial charge in [-0.15, -0.1) is 0 Å². The minimum absolute atomic E-state index is 0.599. The Morgan fingerprint density at radius 1 is 1.35 bits per heavy atom. The largest absolute Gasteiger partial charge is 0.382 e. The Hall–Kier alpha value is -0.380. The normalized spacial score (nSPS) is 12.8. The SMILES string of the molecule is CCCNC(CCOCC)CCc1ccsc1. The standard InChI is InChI=1S/C14H25NOS/c1-3-9-15-14(7-10-16-4-2)6-5-13-8-11-17-12-13/h8,11-12,14-15H,3-7,9-10H2,1-2H3. The maximum absolute atomic E-state index is 5.44. The zero-order valence-corrected chi connectivity index (χ0v) is 11.9. The van der Waals surface area contributed by atoms with E-state index in [9.17, 15) is 0 Å². The smallest absolute Gasteiger partial charge is 0.0480 e. The van der Waals surface area contributed by atoms with Crippen LogP contribution < -0.4 is 5.32 Å². The molecule has 0 aliphatic carbocycles. The molecule has 0 saturated heterocycles. The van der Waals surface area contributed by atoms with Gasteiger partial charge < -0.3 is 10.1 Å². The average Bonchev–Trinajstić information content (AvgIpc) is 2.85. The molecule has 1 N–H and O–H groups in total. The minimum atomic E-state index is 0.599. The highest BCUT2D eigenvalue weighted by atomic mass is 32.1. The molecule has 17 heavy (non-hydrogen) atoms. The molecule has 0 aliphatic heterocycles. The second-order valence-corrected chi connectivity index (χ2v) is 5.09. The molecule has 0 spiro atoms. The summed E-state index contributed by atoms with van der Waals surface area (Å²) < 4.78 is 5.44. The molecule has 0 bridgehead atoms. The fourth-order valence-electron chi connectivity index (χ4n) is 1.84. The van der Waals surface area contributed by atoms with E-state index in [0.717, 1.165) is 26.2 Å². The van der Waals surface area contributed by atoms with Crippen molar-refractivity contribution in [1.82, 2.24) is 5.32 Å². The Morgan fingerprint density at radius 3 is 2.88 bits per heavy atom. The molecule has 1 aromatic heterocycles. The molecule has 1 aromatic rings. The fourth-order valence-corrected chi connectivity index (χ4v) is 2.55. The summed E-state index contributed by atoms with van der Waals surface area (Å²) in [4.78, 5) is 0. The number of ether oxygens (including phenoxy) is 1. The van der Waals surface area contributed by atoms with Crippen molar-refractivity contribution >= 4 is 11.3 Å². The van der Waals surface area contributed by atoms with Gasteiger partial charge in [-0.2, -0.15) is 11.3 Å². The second-order valence-electron chi connectivity index (χ2n) is 4.31. The molecule has 98 valence electrons. The summed E-state index contributed by atoms with van der Waals surface area (Å²) >= 11 is 1.79. The van der Waals surface area contributed by atoms with Gasteiger partial charge in [-0.1, -0.05) is 6.92 Å². The maximum Gasteiger partial charge on any atom is 0.0480 e. The molecular formula is C14H25NOS. The van der Waals surface area contributed by atoms with E-state index >= 15 is 0 Å². The molecule has 0 aromatic carbocycles. The average molecular weight is 255 g/mol. The highest BCUT2D eigenvalue weighted by molar-refractivity contribution is 7.07. The van der Waals surface area contributed by atoms with Crippen LogP contribution in [-0.2, 0) is 11.2 Å². The predicted molar refractivity (Wildman–Crippen MR) is 75.8 cm³/mol. The third kappa shape index (κ3) is 6.81. The van der Waals surface area contributed by atoms with E-state index in [4.69, 9.17) is 4.74 Å². The van der Waals surface area contributed by atoms with Crippen LogP contribution in [0, 0.1) is 0 Å². The van der Waals surface area contributed by atoms with E-state index in [2.05, 4.69) is 36.0 Å². The van der Waals surface area contributed by atoms with Crippen LogP contribution in [0.2, 0.25) is 0 Å². The van der Waals surface area contributed by atoms with E-state index in [0.29, 0.717) is 6.04 Å². The maximum atomic E-state index is 5.44. The zero-order valence-electron chi connectivity index (χ0n) is 11.1. The summed E-state index contributed by atoms with van der Waals surface area (Å²) in [6.45, 7) is 7.08. The zero-order chi connectivity index (χ0) is 12.3. The lowest BCUT2D eigenvalue weighted by molar-refractivity contribution is 0.135. The van der Waals surface area contributed by atoms with Crippen LogP contribution in [0.1, 0.15) is 38.7 Å². The quantitative estimate of drug-likeness (QED) is 0.646. The lowest BCUT2D eigenvalue weighted by Gasteiger charge is -2.18. The van der Waals surface area contributed by atoms with Gasteiger partial charge >= 0.3 is 0 Å². The van der Waals surface area contributed by atoms with Crippen LogP contribution in [0.5, 0.6) is 0 Å². The molecule has 1 atom stereocenters. The third-order valence-corrected chi connectivity index (χ3v) is 3.59. The first-order chi connectivity index (χ1) is 8.36. The third-order valence-electron chi connectivity index (χ3n) is 2.86. The van der Waals surface area contributed by atoms with Crippen molar-refractivity contribution in [3.05, 3.63) is 22.4 Å². The summed E-state index contributed by atoms with van der Waals surface area (Å²) in [5, 5.41) is 8.02. The van der Waals surface area contributed by atoms with Crippen molar-refractivity contribution < 1.29 is 4.74 Å². The van der Waals surface area contributed by atoms with E-state index in [1.165, 1.54) is 24.8 Å². The van der Waals surface area contributed by atoms with Crippen LogP contribution in [0.15, 0.2) is 16.8 Å². The van der Waals surface area contributed by atoms with Crippen LogP contribution >= 0.6 is 11.3 Å². The van der Waals surface area contributed by atoms with Crippen molar-refractivity contribution in [2.45, 2.75) is 45.6 Å². The van der Waals surface area contributed by atoms with Crippen molar-refractivity contribution in [2.24, 2.45) is 0 Å². The number of thiophene rings is 1.